The van der Waals surface area contributed by atoms with Gasteiger partial charge >= 0.3 is 0 Å². The number of aryl methyl sites for hydroxylation is 1. The highest BCUT2D eigenvalue weighted by molar-refractivity contribution is 9.10. The third-order valence-electron chi connectivity index (χ3n) is 4.32. The van der Waals surface area contributed by atoms with Crippen LogP contribution in [0.2, 0.25) is 5.02 Å². The molecule has 1 aromatic heterocycles. The number of nitrogens with one attached hydrogen (secondary N) is 1. The number of amides is 1. The summed E-state index contributed by atoms with van der Waals surface area (Å²) in [7, 11) is 0. The van der Waals surface area contributed by atoms with Crippen LogP contribution in [-0.4, -0.2) is 5.91 Å². The highest BCUT2D eigenvalue weighted by Crippen LogP contribution is 2.26. The number of benzene rings is 3. The van der Waals surface area contributed by atoms with E-state index < -0.39 is 0 Å². The monoisotopic (exact) mass is 441 g/mol. The van der Waals surface area contributed by atoms with Gasteiger partial charge in [-0.1, -0.05) is 27.5 Å². The second-order valence-electron chi connectivity index (χ2n) is 6.20. The number of halogens is 2. The van der Waals surface area contributed by atoms with Crippen LogP contribution in [0.4, 0.5) is 5.69 Å². The van der Waals surface area contributed by atoms with Crippen LogP contribution >= 0.6 is 27.5 Å². The zero-order valence-corrected chi connectivity index (χ0v) is 16.5. The van der Waals surface area contributed by atoms with E-state index in [2.05, 4.69) is 21.2 Å². The van der Waals surface area contributed by atoms with Crippen LogP contribution in [0.15, 0.2) is 68.3 Å². The molecule has 0 bridgehead atoms. The van der Waals surface area contributed by atoms with Crippen molar-refractivity contribution in [2.45, 2.75) is 6.92 Å². The van der Waals surface area contributed by atoms with Crippen molar-refractivity contribution in [1.82, 2.24) is 0 Å². The predicted octanol–water partition coefficient (Wildman–Crippen LogP) is 5.92. The molecule has 0 aliphatic heterocycles. The first-order valence-corrected chi connectivity index (χ1v) is 9.33. The van der Waals surface area contributed by atoms with Gasteiger partial charge in [-0.05, 0) is 61.0 Å². The van der Waals surface area contributed by atoms with Crippen LogP contribution in [0.5, 0.6) is 0 Å². The molecule has 3 aromatic carbocycles. The van der Waals surface area contributed by atoms with Gasteiger partial charge in [-0.3, -0.25) is 9.59 Å². The molecule has 0 atom stereocenters. The van der Waals surface area contributed by atoms with Gasteiger partial charge in [0.25, 0.3) is 5.91 Å². The van der Waals surface area contributed by atoms with E-state index in [1.807, 2.05) is 6.92 Å². The lowest BCUT2D eigenvalue weighted by atomic mass is 10.1. The molecule has 0 fully saturated rings. The summed E-state index contributed by atoms with van der Waals surface area (Å²) < 4.78 is 6.79. The Morgan fingerprint density at radius 1 is 1.00 bits per heavy atom. The molecule has 1 amide bonds. The maximum absolute atomic E-state index is 12.7. The molecule has 4 rings (SSSR count). The lowest BCUT2D eigenvalue weighted by Crippen LogP contribution is -2.12. The van der Waals surface area contributed by atoms with Gasteiger partial charge in [-0.2, -0.15) is 0 Å². The number of carbonyl (C=O) groups excluding carboxylic acids is 1. The van der Waals surface area contributed by atoms with Crippen molar-refractivity contribution in [3.63, 3.8) is 0 Å². The molecular weight excluding hydrogens is 430 g/mol. The SMILES string of the molecule is Cc1cc2oc3cc(NC(=O)c4ccc(Br)cc4)ccc3c(=O)c2cc1Cl. The van der Waals surface area contributed by atoms with E-state index >= 15 is 0 Å². The molecule has 0 unspecified atom stereocenters. The van der Waals surface area contributed by atoms with Crippen molar-refractivity contribution < 1.29 is 9.21 Å². The normalized spacial score (nSPS) is 11.1. The van der Waals surface area contributed by atoms with Crippen LogP contribution in [0.25, 0.3) is 21.9 Å². The van der Waals surface area contributed by atoms with Crippen molar-refractivity contribution >= 4 is 61.1 Å². The summed E-state index contributed by atoms with van der Waals surface area (Å²) in [6.07, 6.45) is 0. The van der Waals surface area contributed by atoms with Gasteiger partial charge in [0.05, 0.1) is 10.8 Å². The van der Waals surface area contributed by atoms with E-state index in [0.717, 1.165) is 10.0 Å². The van der Waals surface area contributed by atoms with Crippen LogP contribution in [0.3, 0.4) is 0 Å². The Labute approximate surface area is 167 Å². The summed E-state index contributed by atoms with van der Waals surface area (Å²) in [5.41, 5.74) is 2.62. The van der Waals surface area contributed by atoms with Gasteiger partial charge < -0.3 is 9.73 Å². The summed E-state index contributed by atoms with van der Waals surface area (Å²) >= 11 is 9.47. The Morgan fingerprint density at radius 3 is 2.44 bits per heavy atom. The van der Waals surface area contributed by atoms with E-state index in [0.29, 0.717) is 38.2 Å². The van der Waals surface area contributed by atoms with E-state index in [-0.39, 0.29) is 11.3 Å². The molecule has 0 aliphatic rings. The fraction of sp³-hybridized carbons (Fsp3) is 0.0476. The van der Waals surface area contributed by atoms with Gasteiger partial charge in [-0.15, -0.1) is 0 Å². The van der Waals surface area contributed by atoms with Crippen molar-refractivity contribution in [3.05, 3.63) is 85.4 Å². The standard InChI is InChI=1S/C21H13BrClNO3/c1-11-8-18-16(10-17(11)23)20(25)15-7-6-14(9-19(15)27-18)24-21(26)12-2-4-13(22)5-3-12/h2-10H,1H3,(H,24,26). The molecule has 4 nitrogen and oxygen atoms in total. The van der Waals surface area contributed by atoms with Crippen molar-refractivity contribution in [2.75, 3.05) is 5.32 Å². The van der Waals surface area contributed by atoms with Crippen LogP contribution in [0, 0.1) is 6.92 Å². The summed E-state index contributed by atoms with van der Waals surface area (Å²) in [4.78, 5) is 25.1. The smallest absolute Gasteiger partial charge is 0.255 e. The molecule has 0 radical (unpaired) electrons. The number of hydrogen-bond acceptors (Lipinski definition) is 3. The molecule has 0 aliphatic carbocycles. The summed E-state index contributed by atoms with van der Waals surface area (Å²) in [5, 5.41) is 4.21. The quantitative estimate of drug-likeness (QED) is 0.392. The maximum atomic E-state index is 12.7. The van der Waals surface area contributed by atoms with E-state index in [9.17, 15) is 9.59 Å². The maximum Gasteiger partial charge on any atom is 0.255 e. The highest BCUT2D eigenvalue weighted by atomic mass is 79.9. The molecule has 1 heterocycles. The molecule has 4 aromatic rings. The summed E-state index contributed by atoms with van der Waals surface area (Å²) in [6.45, 7) is 1.85. The fourth-order valence-electron chi connectivity index (χ4n) is 2.86. The van der Waals surface area contributed by atoms with E-state index in [1.54, 1.807) is 54.6 Å². The second-order valence-corrected chi connectivity index (χ2v) is 7.52. The predicted molar refractivity (Wildman–Crippen MR) is 112 cm³/mol. The van der Waals surface area contributed by atoms with Crippen LogP contribution < -0.4 is 10.7 Å². The largest absolute Gasteiger partial charge is 0.456 e. The minimum Gasteiger partial charge on any atom is -0.456 e. The van der Waals surface area contributed by atoms with E-state index in [1.165, 1.54) is 0 Å². The first kappa shape index (κ1) is 17.8. The third kappa shape index (κ3) is 3.36. The molecule has 0 saturated heterocycles. The number of anilines is 1. The Kier molecular flexibility index (Phi) is 4.50. The number of carbonyl (C=O) groups is 1. The van der Waals surface area contributed by atoms with Crippen LogP contribution in [-0.2, 0) is 0 Å². The first-order chi connectivity index (χ1) is 12.9. The van der Waals surface area contributed by atoms with Gasteiger partial charge in [0.1, 0.15) is 11.2 Å². The van der Waals surface area contributed by atoms with Gasteiger partial charge in [0, 0.05) is 26.8 Å². The topological polar surface area (TPSA) is 59.3 Å². The zero-order valence-electron chi connectivity index (χ0n) is 14.2. The lowest BCUT2D eigenvalue weighted by Gasteiger charge is -2.08. The Balaban J connectivity index is 1.76. The second kappa shape index (κ2) is 6.83. The molecule has 27 heavy (non-hydrogen) atoms. The molecule has 0 saturated carbocycles. The summed E-state index contributed by atoms with van der Waals surface area (Å²) in [6, 6.07) is 15.4. The van der Waals surface area contributed by atoms with Crippen molar-refractivity contribution in [1.29, 1.82) is 0 Å². The third-order valence-corrected chi connectivity index (χ3v) is 5.25. The average Bonchev–Trinajstić information content (AvgIpc) is 2.64. The van der Waals surface area contributed by atoms with E-state index in [4.69, 9.17) is 16.0 Å². The summed E-state index contributed by atoms with van der Waals surface area (Å²) in [5.74, 6) is -0.243. The molecule has 1 N–H and O–H groups in total. The van der Waals surface area contributed by atoms with Crippen molar-refractivity contribution in [2.24, 2.45) is 0 Å². The first-order valence-electron chi connectivity index (χ1n) is 8.16. The molecule has 134 valence electrons. The number of rotatable bonds is 2. The average molecular weight is 443 g/mol. The lowest BCUT2D eigenvalue weighted by molar-refractivity contribution is 0.102. The molecule has 6 heteroatoms. The van der Waals surface area contributed by atoms with Crippen molar-refractivity contribution in [3.8, 4) is 0 Å². The number of hydrogen-bond donors (Lipinski definition) is 1. The Hall–Kier alpha value is -2.63. The van der Waals surface area contributed by atoms with Gasteiger partial charge in [-0.25, -0.2) is 0 Å². The minimum absolute atomic E-state index is 0.154. The van der Waals surface area contributed by atoms with Gasteiger partial charge in [0.2, 0.25) is 5.43 Å². The highest BCUT2D eigenvalue weighted by Gasteiger charge is 2.12. The Morgan fingerprint density at radius 2 is 1.70 bits per heavy atom. The fourth-order valence-corrected chi connectivity index (χ4v) is 3.29. The number of fused-ring (bicyclic) bond motifs is 2. The zero-order chi connectivity index (χ0) is 19.1. The van der Waals surface area contributed by atoms with Gasteiger partial charge in [0.15, 0.2) is 0 Å². The molecule has 0 spiro atoms. The van der Waals surface area contributed by atoms with Crippen LogP contribution in [0.1, 0.15) is 15.9 Å². The minimum atomic E-state index is -0.243. The molecular formula is C21H13BrClNO3. The Bertz CT molecular complexity index is 1260.